The number of halogens is 2. The molecule has 7 heteroatoms. The van der Waals surface area contributed by atoms with E-state index in [0.717, 1.165) is 6.42 Å². The largest absolute Gasteiger partial charge is 0.310 e. The van der Waals surface area contributed by atoms with Crippen molar-refractivity contribution in [1.29, 1.82) is 0 Å². The molecular weight excluding hydrogens is 331 g/mol. The lowest BCUT2D eigenvalue weighted by Crippen LogP contribution is -2.28. The van der Waals surface area contributed by atoms with Gasteiger partial charge in [-0.25, -0.2) is 12.7 Å². The molecule has 0 aliphatic carbocycles. The summed E-state index contributed by atoms with van der Waals surface area (Å²) in [6, 6.07) is 3.29. The van der Waals surface area contributed by atoms with Gasteiger partial charge in [-0.3, -0.25) is 0 Å². The van der Waals surface area contributed by atoms with Gasteiger partial charge < -0.3 is 5.32 Å². The van der Waals surface area contributed by atoms with Crippen molar-refractivity contribution in [2.75, 3.05) is 13.6 Å². The van der Waals surface area contributed by atoms with Crippen molar-refractivity contribution in [3.63, 3.8) is 0 Å². The summed E-state index contributed by atoms with van der Waals surface area (Å²) in [7, 11) is -2.04. The summed E-state index contributed by atoms with van der Waals surface area (Å²) in [5.74, 6) is 0. The average Bonchev–Trinajstić information content (AvgIpc) is 2.38. The van der Waals surface area contributed by atoms with E-state index in [1.54, 1.807) is 13.1 Å². The molecule has 0 heterocycles. The summed E-state index contributed by atoms with van der Waals surface area (Å²) >= 11 is 12.4. The number of hydrogen-bond donors (Lipinski definition) is 1. The van der Waals surface area contributed by atoms with Crippen LogP contribution in [0.3, 0.4) is 0 Å². The smallest absolute Gasteiger partial charge is 0.244 e. The predicted octanol–water partition coefficient (Wildman–Crippen LogP) is 3.52. The van der Waals surface area contributed by atoms with Crippen LogP contribution in [0.25, 0.3) is 0 Å². The number of benzene rings is 1. The van der Waals surface area contributed by atoms with Crippen LogP contribution in [-0.4, -0.2) is 32.4 Å². The van der Waals surface area contributed by atoms with E-state index in [1.165, 1.54) is 10.4 Å². The first kappa shape index (κ1) is 18.7. The number of hydrogen-bond acceptors (Lipinski definition) is 3. The molecule has 0 atom stereocenters. The maximum absolute atomic E-state index is 12.5. The predicted molar refractivity (Wildman–Crippen MR) is 88.5 cm³/mol. The zero-order valence-corrected chi connectivity index (χ0v) is 15.1. The monoisotopic (exact) mass is 352 g/mol. The van der Waals surface area contributed by atoms with Gasteiger partial charge in [0.25, 0.3) is 0 Å². The third-order valence-corrected chi connectivity index (χ3v) is 5.86. The van der Waals surface area contributed by atoms with E-state index in [4.69, 9.17) is 23.2 Å². The molecule has 0 bridgehead atoms. The fraction of sp³-hybridized carbons (Fsp3) is 0.571. The highest BCUT2D eigenvalue weighted by Crippen LogP contribution is 2.32. The van der Waals surface area contributed by atoms with E-state index in [2.05, 4.69) is 5.32 Å². The molecule has 0 spiro atoms. The molecule has 0 unspecified atom stereocenters. The lowest BCUT2D eigenvalue weighted by atomic mass is 10.2. The Balaban J connectivity index is 3.24. The number of nitrogens with zero attached hydrogens (tertiary/aromatic N) is 1. The average molecular weight is 353 g/mol. The third-order valence-electron chi connectivity index (χ3n) is 3.06. The lowest BCUT2D eigenvalue weighted by molar-refractivity contribution is 0.468. The minimum atomic E-state index is -3.59. The van der Waals surface area contributed by atoms with Gasteiger partial charge in [0.15, 0.2) is 0 Å². The highest BCUT2D eigenvalue weighted by Gasteiger charge is 2.25. The molecule has 1 aromatic carbocycles. The Labute approximate surface area is 137 Å². The Morgan fingerprint density at radius 1 is 1.29 bits per heavy atom. The van der Waals surface area contributed by atoms with Crippen LogP contribution in [0.4, 0.5) is 0 Å². The quantitative estimate of drug-likeness (QED) is 0.816. The van der Waals surface area contributed by atoms with Gasteiger partial charge in [-0.1, -0.05) is 44.0 Å². The van der Waals surface area contributed by atoms with E-state index >= 15 is 0 Å². The SMILES string of the molecule is CCCN(C)S(=O)(=O)c1ccc(Cl)c(CNC(C)C)c1Cl. The van der Waals surface area contributed by atoms with Crippen LogP contribution in [0.15, 0.2) is 17.0 Å². The highest BCUT2D eigenvalue weighted by molar-refractivity contribution is 7.89. The van der Waals surface area contributed by atoms with Crippen LogP contribution in [0.5, 0.6) is 0 Å². The second-order valence-electron chi connectivity index (χ2n) is 5.20. The Bertz CT molecular complexity index is 589. The first-order valence-corrected chi connectivity index (χ1v) is 9.08. The lowest BCUT2D eigenvalue weighted by Gasteiger charge is -2.19. The second kappa shape index (κ2) is 7.79. The standard InChI is InChI=1S/C14H22Cl2N2O2S/c1-5-8-18(4)21(19,20)13-7-6-12(15)11(14(13)16)9-17-10(2)3/h6-7,10,17H,5,8-9H2,1-4H3. The van der Waals surface area contributed by atoms with Gasteiger partial charge in [0.2, 0.25) is 10.0 Å². The summed E-state index contributed by atoms with van der Waals surface area (Å²) in [5, 5.41) is 3.86. The Kier molecular flexibility index (Phi) is 6.94. The molecule has 0 aromatic heterocycles. The molecule has 0 aliphatic rings. The molecule has 1 N–H and O–H groups in total. The summed E-state index contributed by atoms with van der Waals surface area (Å²) in [6.07, 6.45) is 0.739. The molecule has 21 heavy (non-hydrogen) atoms. The van der Waals surface area contributed by atoms with E-state index in [0.29, 0.717) is 23.7 Å². The number of rotatable bonds is 7. The van der Waals surface area contributed by atoms with Crippen molar-refractivity contribution in [3.05, 3.63) is 27.7 Å². The van der Waals surface area contributed by atoms with Crippen LogP contribution >= 0.6 is 23.2 Å². The third kappa shape index (κ3) is 4.57. The fourth-order valence-electron chi connectivity index (χ4n) is 1.85. The van der Waals surface area contributed by atoms with Crippen molar-refractivity contribution in [2.24, 2.45) is 0 Å². The van der Waals surface area contributed by atoms with Crippen LogP contribution in [-0.2, 0) is 16.6 Å². The summed E-state index contributed by atoms with van der Waals surface area (Å²) in [6.45, 7) is 6.79. The maximum atomic E-state index is 12.5. The number of nitrogens with one attached hydrogen (secondary N) is 1. The zero-order chi connectivity index (χ0) is 16.2. The minimum Gasteiger partial charge on any atom is -0.310 e. The topological polar surface area (TPSA) is 49.4 Å². The van der Waals surface area contributed by atoms with Gasteiger partial charge in [-0.2, -0.15) is 0 Å². The number of sulfonamides is 1. The Hall–Kier alpha value is -0.330. The van der Waals surface area contributed by atoms with Crippen LogP contribution < -0.4 is 5.32 Å². The highest BCUT2D eigenvalue weighted by atomic mass is 35.5. The summed E-state index contributed by atoms with van der Waals surface area (Å²) in [5.41, 5.74) is 0.609. The van der Waals surface area contributed by atoms with Crippen molar-refractivity contribution in [2.45, 2.75) is 44.7 Å². The van der Waals surface area contributed by atoms with Crippen LogP contribution in [0, 0.1) is 0 Å². The van der Waals surface area contributed by atoms with Crippen molar-refractivity contribution >= 4 is 33.2 Å². The molecule has 0 saturated carbocycles. The van der Waals surface area contributed by atoms with Gasteiger partial charge in [0.1, 0.15) is 4.90 Å². The molecule has 0 aliphatic heterocycles. The zero-order valence-electron chi connectivity index (χ0n) is 12.8. The molecule has 0 saturated heterocycles. The van der Waals surface area contributed by atoms with Crippen molar-refractivity contribution in [3.8, 4) is 0 Å². The van der Waals surface area contributed by atoms with Gasteiger partial charge in [0, 0.05) is 36.8 Å². The van der Waals surface area contributed by atoms with Gasteiger partial charge in [-0.15, -0.1) is 0 Å². The molecule has 120 valence electrons. The summed E-state index contributed by atoms with van der Waals surface area (Å²) in [4.78, 5) is 0.102. The summed E-state index contributed by atoms with van der Waals surface area (Å²) < 4.78 is 26.4. The van der Waals surface area contributed by atoms with E-state index in [9.17, 15) is 8.42 Å². The molecule has 1 aromatic rings. The van der Waals surface area contributed by atoms with Crippen LogP contribution in [0.1, 0.15) is 32.8 Å². The normalized spacial score (nSPS) is 12.4. The maximum Gasteiger partial charge on any atom is 0.244 e. The molecule has 0 radical (unpaired) electrons. The van der Waals surface area contributed by atoms with Crippen molar-refractivity contribution < 1.29 is 8.42 Å². The minimum absolute atomic E-state index is 0.102. The van der Waals surface area contributed by atoms with Gasteiger partial charge in [0.05, 0.1) is 5.02 Å². The van der Waals surface area contributed by atoms with Crippen LogP contribution in [0.2, 0.25) is 10.0 Å². The Morgan fingerprint density at radius 2 is 1.90 bits per heavy atom. The van der Waals surface area contributed by atoms with Crippen molar-refractivity contribution in [1.82, 2.24) is 9.62 Å². The van der Waals surface area contributed by atoms with E-state index < -0.39 is 10.0 Å². The second-order valence-corrected chi connectivity index (χ2v) is 8.00. The first-order valence-electron chi connectivity index (χ1n) is 6.88. The molecule has 0 fully saturated rings. The molecular formula is C14H22Cl2N2O2S. The Morgan fingerprint density at radius 3 is 2.43 bits per heavy atom. The molecule has 0 amide bonds. The molecule has 1 rings (SSSR count). The molecule has 4 nitrogen and oxygen atoms in total. The fourth-order valence-corrected chi connectivity index (χ4v) is 3.99. The van der Waals surface area contributed by atoms with Gasteiger partial charge in [-0.05, 0) is 18.6 Å². The first-order chi connectivity index (χ1) is 9.71. The van der Waals surface area contributed by atoms with E-state index in [1.807, 2.05) is 20.8 Å². The van der Waals surface area contributed by atoms with E-state index in [-0.39, 0.29) is 16.0 Å². The van der Waals surface area contributed by atoms with Gasteiger partial charge >= 0.3 is 0 Å².